The molecule has 1 N–H and O–H groups in total. The molecule has 1 amide bonds. The van der Waals surface area contributed by atoms with Crippen LogP contribution < -0.4 is 10.1 Å². The minimum absolute atomic E-state index is 0.00533. The van der Waals surface area contributed by atoms with Crippen LogP contribution in [-0.2, 0) is 0 Å². The Morgan fingerprint density at radius 3 is 2.70 bits per heavy atom. The van der Waals surface area contributed by atoms with Gasteiger partial charge in [0.1, 0.15) is 17.9 Å². The monoisotopic (exact) mass is 312 g/mol. The van der Waals surface area contributed by atoms with Crippen LogP contribution in [0.1, 0.15) is 17.3 Å². The molecule has 0 aliphatic rings. The third-order valence-electron chi connectivity index (χ3n) is 2.92. The summed E-state index contributed by atoms with van der Waals surface area (Å²) in [6.07, 6.45) is 0. The van der Waals surface area contributed by atoms with Crippen molar-refractivity contribution in [3.63, 3.8) is 0 Å². The summed E-state index contributed by atoms with van der Waals surface area (Å²) in [6.45, 7) is 5.97. The molecule has 0 bridgehead atoms. The van der Waals surface area contributed by atoms with Gasteiger partial charge in [-0.05, 0) is 30.7 Å². The number of ether oxygens (including phenoxy) is 1. The number of hydrogen-bond acceptors (Lipinski definition) is 4. The van der Waals surface area contributed by atoms with Gasteiger partial charge in [0.25, 0.3) is 11.6 Å². The lowest BCUT2D eigenvalue weighted by molar-refractivity contribution is -0.385. The van der Waals surface area contributed by atoms with Crippen LogP contribution in [-0.4, -0.2) is 17.4 Å². The zero-order valence-electron chi connectivity index (χ0n) is 12.6. The van der Waals surface area contributed by atoms with Crippen molar-refractivity contribution in [2.24, 2.45) is 0 Å². The zero-order valence-corrected chi connectivity index (χ0v) is 12.6. The summed E-state index contributed by atoms with van der Waals surface area (Å²) in [6, 6.07) is 12.6. The molecule has 0 aliphatic heterocycles. The first kappa shape index (κ1) is 16.2. The third-order valence-corrected chi connectivity index (χ3v) is 2.92. The third kappa shape index (κ3) is 4.41. The largest absolute Gasteiger partial charge is 0.489 e. The minimum atomic E-state index is -0.582. The lowest BCUT2D eigenvalue weighted by atomic mass is 10.1. The molecule has 0 fully saturated rings. The standard InChI is InChI=1S/C17H16N2O4/c1-12(2)11-23-14-7-5-6-13(10-14)18-17(20)15-8-3-4-9-16(15)19(21)22/h3-10H,1,11H2,2H3,(H,18,20). The highest BCUT2D eigenvalue weighted by Crippen LogP contribution is 2.22. The summed E-state index contributed by atoms with van der Waals surface area (Å²) in [5.41, 5.74) is 1.14. The molecule has 6 nitrogen and oxygen atoms in total. The van der Waals surface area contributed by atoms with Crippen LogP contribution in [0.4, 0.5) is 11.4 Å². The molecular weight excluding hydrogens is 296 g/mol. The fourth-order valence-corrected chi connectivity index (χ4v) is 1.89. The molecule has 118 valence electrons. The molecule has 0 saturated heterocycles. The average molecular weight is 312 g/mol. The van der Waals surface area contributed by atoms with Gasteiger partial charge < -0.3 is 10.1 Å². The summed E-state index contributed by atoms with van der Waals surface area (Å²) in [5.74, 6) is 0.0303. The molecular formula is C17H16N2O4. The number of para-hydroxylation sites is 1. The van der Waals surface area contributed by atoms with Gasteiger partial charge in [-0.2, -0.15) is 0 Å². The van der Waals surface area contributed by atoms with E-state index in [4.69, 9.17) is 4.74 Å². The Morgan fingerprint density at radius 1 is 1.26 bits per heavy atom. The fraction of sp³-hybridized carbons (Fsp3) is 0.118. The molecule has 0 aliphatic carbocycles. The first-order valence-corrected chi connectivity index (χ1v) is 6.89. The van der Waals surface area contributed by atoms with E-state index in [0.29, 0.717) is 18.0 Å². The Labute approximate surface area is 133 Å². The number of nitro groups is 1. The minimum Gasteiger partial charge on any atom is -0.489 e. The van der Waals surface area contributed by atoms with E-state index in [2.05, 4.69) is 11.9 Å². The molecule has 0 aromatic heterocycles. The van der Waals surface area contributed by atoms with E-state index in [1.54, 1.807) is 30.3 Å². The number of nitro benzene ring substituents is 1. The normalized spacial score (nSPS) is 9.96. The second kappa shape index (κ2) is 7.22. The van der Waals surface area contributed by atoms with E-state index in [1.165, 1.54) is 18.2 Å². The van der Waals surface area contributed by atoms with E-state index in [-0.39, 0.29) is 11.3 Å². The highest BCUT2D eigenvalue weighted by Gasteiger charge is 2.19. The van der Waals surface area contributed by atoms with Crippen LogP contribution in [0, 0.1) is 10.1 Å². The number of hydrogen-bond donors (Lipinski definition) is 1. The maximum Gasteiger partial charge on any atom is 0.282 e. The van der Waals surface area contributed by atoms with Crippen molar-refractivity contribution in [1.29, 1.82) is 0 Å². The van der Waals surface area contributed by atoms with Crippen LogP contribution in [0.5, 0.6) is 5.75 Å². The SMILES string of the molecule is C=C(C)COc1cccc(NC(=O)c2ccccc2[N+](=O)[O-])c1. The first-order chi connectivity index (χ1) is 11.0. The second-order valence-electron chi connectivity index (χ2n) is 5.00. The van der Waals surface area contributed by atoms with E-state index in [0.717, 1.165) is 5.57 Å². The molecule has 0 heterocycles. The molecule has 2 rings (SSSR count). The Morgan fingerprint density at radius 2 is 2.00 bits per heavy atom. The topological polar surface area (TPSA) is 81.5 Å². The number of nitrogens with one attached hydrogen (secondary N) is 1. The van der Waals surface area contributed by atoms with E-state index in [1.807, 2.05) is 6.92 Å². The average Bonchev–Trinajstić information content (AvgIpc) is 2.53. The van der Waals surface area contributed by atoms with Gasteiger partial charge in [-0.15, -0.1) is 0 Å². The summed E-state index contributed by atoms with van der Waals surface area (Å²) < 4.78 is 5.50. The Kier molecular flexibility index (Phi) is 5.09. The number of amides is 1. The van der Waals surface area contributed by atoms with E-state index >= 15 is 0 Å². The highest BCUT2D eigenvalue weighted by molar-refractivity contribution is 6.07. The van der Waals surface area contributed by atoms with Crippen molar-refractivity contribution in [2.45, 2.75) is 6.92 Å². The van der Waals surface area contributed by atoms with E-state index in [9.17, 15) is 14.9 Å². The summed E-state index contributed by atoms with van der Waals surface area (Å²) in [4.78, 5) is 22.6. The van der Waals surface area contributed by atoms with Gasteiger partial charge in [0.2, 0.25) is 0 Å². The van der Waals surface area contributed by atoms with Crippen molar-refractivity contribution < 1.29 is 14.5 Å². The van der Waals surface area contributed by atoms with Crippen LogP contribution in [0.2, 0.25) is 0 Å². The van der Waals surface area contributed by atoms with Crippen molar-refractivity contribution in [3.8, 4) is 5.75 Å². The molecule has 2 aromatic rings. The van der Waals surface area contributed by atoms with Gasteiger partial charge in [0, 0.05) is 17.8 Å². The number of anilines is 1. The number of carbonyl (C=O) groups excluding carboxylic acids is 1. The zero-order chi connectivity index (χ0) is 16.8. The van der Waals surface area contributed by atoms with Crippen molar-refractivity contribution in [1.82, 2.24) is 0 Å². The predicted octanol–water partition coefficient (Wildman–Crippen LogP) is 3.80. The Hall–Kier alpha value is -3.15. The summed E-state index contributed by atoms with van der Waals surface area (Å²) >= 11 is 0. The van der Waals surface area contributed by atoms with Crippen LogP contribution in [0.3, 0.4) is 0 Å². The molecule has 0 unspecified atom stereocenters. The van der Waals surface area contributed by atoms with Gasteiger partial charge in [0.15, 0.2) is 0 Å². The van der Waals surface area contributed by atoms with Crippen molar-refractivity contribution >= 4 is 17.3 Å². The highest BCUT2D eigenvalue weighted by atomic mass is 16.6. The fourth-order valence-electron chi connectivity index (χ4n) is 1.89. The Bertz CT molecular complexity index is 756. The van der Waals surface area contributed by atoms with Crippen LogP contribution in [0.15, 0.2) is 60.7 Å². The maximum absolute atomic E-state index is 12.2. The molecule has 6 heteroatoms. The summed E-state index contributed by atoms with van der Waals surface area (Å²) in [7, 11) is 0. The second-order valence-corrected chi connectivity index (χ2v) is 5.00. The number of rotatable bonds is 6. The number of nitrogens with zero attached hydrogens (tertiary/aromatic N) is 1. The van der Waals surface area contributed by atoms with Crippen LogP contribution >= 0.6 is 0 Å². The molecule has 23 heavy (non-hydrogen) atoms. The smallest absolute Gasteiger partial charge is 0.282 e. The van der Waals surface area contributed by atoms with Gasteiger partial charge in [0.05, 0.1) is 4.92 Å². The number of benzene rings is 2. The molecule has 0 radical (unpaired) electrons. The van der Waals surface area contributed by atoms with Crippen LogP contribution in [0.25, 0.3) is 0 Å². The molecule has 0 saturated carbocycles. The van der Waals surface area contributed by atoms with Crippen molar-refractivity contribution in [2.75, 3.05) is 11.9 Å². The van der Waals surface area contributed by atoms with Gasteiger partial charge in [-0.1, -0.05) is 24.8 Å². The molecule has 2 aromatic carbocycles. The summed E-state index contributed by atoms with van der Waals surface area (Å²) in [5, 5.41) is 13.6. The van der Waals surface area contributed by atoms with Crippen molar-refractivity contribution in [3.05, 3.63) is 76.4 Å². The predicted molar refractivity (Wildman–Crippen MR) is 87.8 cm³/mol. The van der Waals surface area contributed by atoms with Gasteiger partial charge in [-0.3, -0.25) is 14.9 Å². The number of carbonyl (C=O) groups is 1. The molecule has 0 spiro atoms. The molecule has 0 atom stereocenters. The lowest BCUT2D eigenvalue weighted by Gasteiger charge is -2.09. The van der Waals surface area contributed by atoms with E-state index < -0.39 is 10.8 Å². The Balaban J connectivity index is 2.16. The van der Waals surface area contributed by atoms with Gasteiger partial charge in [-0.25, -0.2) is 0 Å². The lowest BCUT2D eigenvalue weighted by Crippen LogP contribution is -2.13. The quantitative estimate of drug-likeness (QED) is 0.499. The first-order valence-electron chi connectivity index (χ1n) is 6.89. The van der Waals surface area contributed by atoms with Gasteiger partial charge >= 0.3 is 0 Å². The maximum atomic E-state index is 12.2.